The lowest BCUT2D eigenvalue weighted by Crippen LogP contribution is -2.05. The molecule has 4 heteroatoms. The molecule has 0 N–H and O–H groups in total. The molecule has 0 fully saturated rings. The topological polar surface area (TPSA) is 43.4 Å². The average Bonchev–Trinajstić information content (AvgIpc) is 2.67. The first-order chi connectivity index (χ1) is 13.3. The van der Waals surface area contributed by atoms with Crippen molar-refractivity contribution >= 4 is 9.84 Å². The second-order valence-electron chi connectivity index (χ2n) is 5.18. The lowest BCUT2D eigenvalue weighted by Gasteiger charge is -2.08. The van der Waals surface area contributed by atoms with Gasteiger partial charge in [0.05, 0.1) is 16.1 Å². The predicted molar refractivity (Wildman–Crippen MR) is 94.5 cm³/mol. The largest absolute Gasteiger partial charge is 0.489 e. The first-order valence-electron chi connectivity index (χ1n) is 9.35. The molecule has 0 atom stereocenters. The van der Waals surface area contributed by atoms with Crippen LogP contribution < -0.4 is 4.74 Å². The van der Waals surface area contributed by atoms with Crippen molar-refractivity contribution in [1.29, 1.82) is 0 Å². The van der Waals surface area contributed by atoms with Gasteiger partial charge in [0.1, 0.15) is 12.4 Å². The van der Waals surface area contributed by atoms with Gasteiger partial charge in [0.25, 0.3) is 0 Å². The summed E-state index contributed by atoms with van der Waals surface area (Å²) in [5.74, 6) is -0.674. The van der Waals surface area contributed by atoms with Gasteiger partial charge in [0, 0.05) is 0 Å². The van der Waals surface area contributed by atoms with Crippen LogP contribution in [0.15, 0.2) is 89.7 Å². The zero-order chi connectivity index (χ0) is 20.3. The Hall–Kier alpha value is -2.59. The van der Waals surface area contributed by atoms with E-state index in [1.54, 1.807) is 42.5 Å². The molecule has 3 aromatic carbocycles. The maximum absolute atomic E-state index is 12.8. The summed E-state index contributed by atoms with van der Waals surface area (Å²) in [6.45, 7) is 0.0492. The molecular formula is C20H18O3S. The van der Waals surface area contributed by atoms with E-state index in [0.717, 1.165) is 5.56 Å². The van der Waals surface area contributed by atoms with Crippen molar-refractivity contribution in [1.82, 2.24) is 0 Å². The molecule has 0 spiro atoms. The van der Waals surface area contributed by atoms with Crippen LogP contribution in [-0.2, 0) is 22.2 Å². The zero-order valence-corrected chi connectivity index (χ0v) is 13.6. The minimum atomic E-state index is -4.07. The standard InChI is InChI=1S/C20H18O3S/c21-24(22,16-18-9-5-2-6-10-18)20-13-11-19(12-14-20)23-15-17-7-3-1-4-8-17/h1-14H,15-16H2/i11D,12D,13D,14D. The van der Waals surface area contributed by atoms with E-state index >= 15 is 0 Å². The van der Waals surface area contributed by atoms with E-state index in [1.165, 1.54) is 0 Å². The lowest BCUT2D eigenvalue weighted by molar-refractivity contribution is 0.306. The van der Waals surface area contributed by atoms with Crippen LogP contribution in [0, 0.1) is 0 Å². The number of sulfone groups is 1. The SMILES string of the molecule is [2H]c1c([2H])c(S(=O)(=O)Cc2ccccc2)c([2H])c([2H])c1OCc1ccccc1. The number of hydrogen-bond acceptors (Lipinski definition) is 3. The van der Waals surface area contributed by atoms with Crippen molar-refractivity contribution in [3.05, 3.63) is 96.0 Å². The molecule has 0 aliphatic heterocycles. The Morgan fingerprint density at radius 1 is 0.792 bits per heavy atom. The van der Waals surface area contributed by atoms with Crippen LogP contribution in [0.5, 0.6) is 5.75 Å². The van der Waals surface area contributed by atoms with Gasteiger partial charge in [-0.2, -0.15) is 0 Å². The maximum atomic E-state index is 12.8. The molecule has 24 heavy (non-hydrogen) atoms. The van der Waals surface area contributed by atoms with E-state index in [0.29, 0.717) is 5.56 Å². The molecule has 0 aromatic heterocycles. The summed E-state index contributed by atoms with van der Waals surface area (Å²) in [4.78, 5) is -0.613. The smallest absolute Gasteiger partial charge is 0.182 e. The van der Waals surface area contributed by atoms with Gasteiger partial charge >= 0.3 is 0 Å². The normalized spacial score (nSPS) is 13.5. The summed E-state index contributed by atoms with van der Waals surface area (Å²) in [7, 11) is -4.07. The number of rotatable bonds is 6. The lowest BCUT2D eigenvalue weighted by atomic mass is 10.2. The zero-order valence-electron chi connectivity index (χ0n) is 16.8. The summed E-state index contributed by atoms with van der Waals surface area (Å²) >= 11 is 0. The van der Waals surface area contributed by atoms with Crippen LogP contribution in [0.4, 0.5) is 0 Å². The molecule has 3 aromatic rings. The van der Waals surface area contributed by atoms with E-state index in [4.69, 9.17) is 10.2 Å². The fourth-order valence-electron chi connectivity index (χ4n) is 2.11. The van der Waals surface area contributed by atoms with E-state index in [9.17, 15) is 8.42 Å². The fourth-order valence-corrected chi connectivity index (χ4v) is 3.30. The molecule has 0 aliphatic carbocycles. The van der Waals surface area contributed by atoms with Crippen molar-refractivity contribution in [2.75, 3.05) is 0 Å². The molecule has 0 radical (unpaired) electrons. The van der Waals surface area contributed by atoms with Crippen LogP contribution in [0.2, 0.25) is 0 Å². The summed E-state index contributed by atoms with van der Waals surface area (Å²) in [6, 6.07) is 15.2. The van der Waals surface area contributed by atoms with Crippen LogP contribution in [0.3, 0.4) is 0 Å². The third-order valence-electron chi connectivity index (χ3n) is 3.32. The minimum absolute atomic E-state index is 0.0492. The third kappa shape index (κ3) is 4.24. The van der Waals surface area contributed by atoms with Crippen molar-refractivity contribution in [2.24, 2.45) is 0 Å². The Morgan fingerprint density at radius 3 is 1.92 bits per heavy atom. The molecule has 3 rings (SSSR count). The summed E-state index contributed by atoms with van der Waals surface area (Å²) in [6.07, 6.45) is 0. The van der Waals surface area contributed by atoms with E-state index in [-0.39, 0.29) is 12.4 Å². The maximum Gasteiger partial charge on any atom is 0.182 e. The third-order valence-corrected chi connectivity index (χ3v) is 4.86. The predicted octanol–water partition coefficient (Wildman–Crippen LogP) is 4.24. The molecule has 0 heterocycles. The molecule has 0 amide bonds. The van der Waals surface area contributed by atoms with Crippen molar-refractivity contribution < 1.29 is 18.6 Å². The second kappa shape index (κ2) is 7.32. The minimum Gasteiger partial charge on any atom is -0.489 e. The quantitative estimate of drug-likeness (QED) is 0.673. The van der Waals surface area contributed by atoms with E-state index < -0.39 is 44.7 Å². The van der Waals surface area contributed by atoms with Crippen LogP contribution in [0.25, 0.3) is 0 Å². The monoisotopic (exact) mass is 342 g/mol. The first kappa shape index (κ1) is 11.9. The number of hydrogen-bond donors (Lipinski definition) is 0. The Bertz CT molecular complexity index is 1060. The molecule has 0 saturated carbocycles. The molecule has 0 aliphatic rings. The van der Waals surface area contributed by atoms with Crippen LogP contribution >= 0.6 is 0 Å². The molecule has 0 unspecified atom stereocenters. The molecule has 0 bridgehead atoms. The Labute approximate surface area is 148 Å². The van der Waals surface area contributed by atoms with Crippen molar-refractivity contribution in [3.63, 3.8) is 0 Å². The van der Waals surface area contributed by atoms with Gasteiger partial charge in [-0.25, -0.2) is 8.42 Å². The first-order valence-corrected chi connectivity index (χ1v) is 9.00. The Kier molecular flexibility index (Phi) is 3.62. The van der Waals surface area contributed by atoms with Gasteiger partial charge in [0.15, 0.2) is 9.84 Å². The summed E-state index contributed by atoms with van der Waals surface area (Å²) in [5.41, 5.74) is 1.30. The highest BCUT2D eigenvalue weighted by atomic mass is 32.2. The van der Waals surface area contributed by atoms with Gasteiger partial charge in [-0.15, -0.1) is 0 Å². The molecule has 122 valence electrons. The van der Waals surface area contributed by atoms with E-state index in [2.05, 4.69) is 0 Å². The highest BCUT2D eigenvalue weighted by Gasteiger charge is 2.15. The fraction of sp³-hybridized carbons (Fsp3) is 0.100. The van der Waals surface area contributed by atoms with Crippen LogP contribution in [0.1, 0.15) is 16.6 Å². The van der Waals surface area contributed by atoms with Gasteiger partial charge in [0.2, 0.25) is 0 Å². The number of benzene rings is 3. The summed E-state index contributed by atoms with van der Waals surface area (Å²) < 4.78 is 63.6. The van der Waals surface area contributed by atoms with Gasteiger partial charge < -0.3 is 4.74 Å². The van der Waals surface area contributed by atoms with Crippen molar-refractivity contribution in [2.45, 2.75) is 17.3 Å². The van der Waals surface area contributed by atoms with Gasteiger partial charge in [-0.1, -0.05) is 60.7 Å². The highest BCUT2D eigenvalue weighted by Crippen LogP contribution is 2.20. The van der Waals surface area contributed by atoms with Crippen molar-refractivity contribution in [3.8, 4) is 5.75 Å². The Morgan fingerprint density at radius 2 is 1.33 bits per heavy atom. The summed E-state index contributed by atoms with van der Waals surface area (Å²) in [5, 5.41) is 0. The average molecular weight is 342 g/mol. The Balaban J connectivity index is 1.98. The number of ether oxygens (including phenoxy) is 1. The molecular weight excluding hydrogens is 320 g/mol. The van der Waals surface area contributed by atoms with E-state index in [1.807, 2.05) is 18.2 Å². The van der Waals surface area contributed by atoms with Gasteiger partial charge in [-0.3, -0.25) is 0 Å². The van der Waals surface area contributed by atoms with Gasteiger partial charge in [-0.05, 0) is 35.3 Å². The second-order valence-corrected chi connectivity index (χ2v) is 7.10. The van der Waals surface area contributed by atoms with Crippen LogP contribution in [-0.4, -0.2) is 8.42 Å². The molecule has 0 saturated heterocycles. The molecule has 3 nitrogen and oxygen atoms in total. The highest BCUT2D eigenvalue weighted by molar-refractivity contribution is 7.90.